The lowest BCUT2D eigenvalue weighted by atomic mass is 10.1. The third-order valence-corrected chi connectivity index (χ3v) is 3.97. The van der Waals surface area contributed by atoms with Gasteiger partial charge in [-0.3, -0.25) is 9.78 Å². The van der Waals surface area contributed by atoms with Gasteiger partial charge >= 0.3 is 0 Å². The number of carbonyl (C=O) groups excluding carboxylic acids is 1. The number of hydrogen-bond acceptors (Lipinski definition) is 3. The number of nitrogens with zero attached hydrogens (tertiary/aromatic N) is 1. The monoisotopic (exact) mass is 328 g/mol. The predicted molar refractivity (Wildman–Crippen MR) is 99.8 cm³/mol. The van der Waals surface area contributed by atoms with Crippen LogP contribution in [0.1, 0.15) is 0 Å². The summed E-state index contributed by atoms with van der Waals surface area (Å²) in [4.78, 5) is 16.5. The first-order valence-electron chi connectivity index (χ1n) is 8.04. The van der Waals surface area contributed by atoms with Gasteiger partial charge in [0.2, 0.25) is 0 Å². The number of benzene rings is 3. The Balaban J connectivity index is 1.42. The minimum atomic E-state index is -0.217. The number of rotatable bonds is 4. The van der Waals surface area contributed by atoms with Gasteiger partial charge in [0.25, 0.3) is 5.91 Å². The van der Waals surface area contributed by atoms with Crippen LogP contribution >= 0.6 is 0 Å². The second-order valence-electron chi connectivity index (χ2n) is 5.76. The van der Waals surface area contributed by atoms with Crippen molar-refractivity contribution in [2.75, 3.05) is 11.9 Å². The zero-order chi connectivity index (χ0) is 17.1. The first kappa shape index (κ1) is 15.1. The molecule has 0 fully saturated rings. The van der Waals surface area contributed by atoms with E-state index in [2.05, 4.69) is 10.3 Å². The van der Waals surface area contributed by atoms with Crippen molar-refractivity contribution in [1.82, 2.24) is 4.98 Å². The molecule has 0 aliphatic heterocycles. The quantitative estimate of drug-likeness (QED) is 0.604. The summed E-state index contributed by atoms with van der Waals surface area (Å²) in [6.07, 6.45) is 1.65. The van der Waals surface area contributed by atoms with E-state index >= 15 is 0 Å². The van der Waals surface area contributed by atoms with Crippen LogP contribution in [0.15, 0.2) is 79.0 Å². The van der Waals surface area contributed by atoms with Crippen LogP contribution in [0.5, 0.6) is 5.75 Å². The van der Waals surface area contributed by atoms with Crippen LogP contribution in [0, 0.1) is 0 Å². The number of amides is 1. The van der Waals surface area contributed by atoms with Gasteiger partial charge in [0.15, 0.2) is 6.61 Å². The van der Waals surface area contributed by atoms with Crippen LogP contribution in [-0.2, 0) is 4.79 Å². The summed E-state index contributed by atoms with van der Waals surface area (Å²) in [5.74, 6) is 0.454. The lowest BCUT2D eigenvalue weighted by Gasteiger charge is -2.09. The number of hydrogen-bond donors (Lipinski definition) is 1. The van der Waals surface area contributed by atoms with E-state index in [9.17, 15) is 4.79 Å². The number of ether oxygens (including phenoxy) is 1. The number of para-hydroxylation sites is 1. The lowest BCUT2D eigenvalue weighted by molar-refractivity contribution is -0.118. The lowest BCUT2D eigenvalue weighted by Crippen LogP contribution is -2.20. The maximum absolute atomic E-state index is 12.1. The van der Waals surface area contributed by atoms with Crippen molar-refractivity contribution in [3.63, 3.8) is 0 Å². The smallest absolute Gasteiger partial charge is 0.262 e. The van der Waals surface area contributed by atoms with E-state index in [-0.39, 0.29) is 12.5 Å². The molecule has 122 valence electrons. The summed E-state index contributed by atoms with van der Waals surface area (Å²) < 4.78 is 5.60. The average molecular weight is 328 g/mol. The molecule has 3 aromatic carbocycles. The topological polar surface area (TPSA) is 51.2 Å². The molecule has 4 heteroatoms. The van der Waals surface area contributed by atoms with Gasteiger partial charge in [-0.15, -0.1) is 0 Å². The van der Waals surface area contributed by atoms with Gasteiger partial charge in [-0.1, -0.05) is 48.5 Å². The molecular weight excluding hydrogens is 312 g/mol. The maximum atomic E-state index is 12.1. The number of carbonyl (C=O) groups is 1. The summed E-state index contributed by atoms with van der Waals surface area (Å²) in [5.41, 5.74) is 1.55. The maximum Gasteiger partial charge on any atom is 0.262 e. The first-order valence-corrected chi connectivity index (χ1v) is 8.04. The van der Waals surface area contributed by atoms with Crippen molar-refractivity contribution in [2.24, 2.45) is 0 Å². The molecule has 1 heterocycles. The summed E-state index contributed by atoms with van der Waals surface area (Å²) in [5, 5.41) is 6.02. The summed E-state index contributed by atoms with van der Waals surface area (Å²) in [6, 6.07) is 23.5. The van der Waals surface area contributed by atoms with Gasteiger partial charge in [0.05, 0.1) is 17.4 Å². The molecule has 1 N–H and O–H groups in total. The van der Waals surface area contributed by atoms with Gasteiger partial charge in [-0.25, -0.2) is 0 Å². The highest BCUT2D eigenvalue weighted by Gasteiger charge is 2.05. The van der Waals surface area contributed by atoms with Crippen LogP contribution in [0.2, 0.25) is 0 Å². The SMILES string of the molecule is O=C(COc1ccc2ccccc2c1)Nc1cnc2ccccc2c1. The van der Waals surface area contributed by atoms with Gasteiger partial charge < -0.3 is 10.1 Å². The van der Waals surface area contributed by atoms with Crippen molar-refractivity contribution in [3.05, 3.63) is 79.0 Å². The van der Waals surface area contributed by atoms with Crippen molar-refractivity contribution in [2.45, 2.75) is 0 Å². The van der Waals surface area contributed by atoms with Gasteiger partial charge in [-0.05, 0) is 35.0 Å². The Labute approximate surface area is 145 Å². The van der Waals surface area contributed by atoms with Gasteiger partial charge in [0, 0.05) is 5.39 Å². The zero-order valence-electron chi connectivity index (χ0n) is 13.5. The van der Waals surface area contributed by atoms with Crippen LogP contribution in [0.3, 0.4) is 0 Å². The number of fused-ring (bicyclic) bond motifs is 2. The van der Waals surface area contributed by atoms with Crippen LogP contribution in [0.25, 0.3) is 21.7 Å². The molecule has 0 aliphatic carbocycles. The summed E-state index contributed by atoms with van der Waals surface area (Å²) >= 11 is 0. The highest BCUT2D eigenvalue weighted by atomic mass is 16.5. The molecule has 0 bridgehead atoms. The van der Waals surface area contributed by atoms with Crippen molar-refractivity contribution >= 4 is 33.3 Å². The molecule has 1 aromatic heterocycles. The molecule has 0 atom stereocenters. The molecule has 0 unspecified atom stereocenters. The van der Waals surface area contributed by atoms with E-state index in [4.69, 9.17) is 4.74 Å². The highest BCUT2D eigenvalue weighted by molar-refractivity contribution is 5.94. The zero-order valence-corrected chi connectivity index (χ0v) is 13.5. The summed E-state index contributed by atoms with van der Waals surface area (Å²) in [6.45, 7) is -0.0504. The summed E-state index contributed by atoms with van der Waals surface area (Å²) in [7, 11) is 0. The first-order chi connectivity index (χ1) is 12.3. The molecule has 4 nitrogen and oxygen atoms in total. The molecule has 0 aliphatic rings. The fourth-order valence-electron chi connectivity index (χ4n) is 2.74. The van der Waals surface area contributed by atoms with Crippen molar-refractivity contribution in [3.8, 4) is 5.75 Å². The predicted octanol–water partition coefficient (Wildman–Crippen LogP) is 4.41. The molecule has 0 radical (unpaired) electrons. The van der Waals surface area contributed by atoms with E-state index < -0.39 is 0 Å². The van der Waals surface area contributed by atoms with E-state index in [1.165, 1.54) is 0 Å². The van der Waals surface area contributed by atoms with Gasteiger partial charge in [-0.2, -0.15) is 0 Å². The molecule has 4 rings (SSSR count). The molecule has 0 spiro atoms. The fraction of sp³-hybridized carbons (Fsp3) is 0.0476. The Morgan fingerprint density at radius 3 is 2.52 bits per heavy atom. The van der Waals surface area contributed by atoms with Crippen molar-refractivity contribution < 1.29 is 9.53 Å². The Hall–Kier alpha value is -3.40. The number of nitrogens with one attached hydrogen (secondary N) is 1. The second kappa shape index (κ2) is 6.61. The van der Waals surface area contributed by atoms with Crippen LogP contribution in [0.4, 0.5) is 5.69 Å². The van der Waals surface area contributed by atoms with Crippen LogP contribution < -0.4 is 10.1 Å². The van der Waals surface area contributed by atoms with E-state index in [1.807, 2.05) is 72.8 Å². The molecule has 4 aromatic rings. The molecule has 0 saturated heterocycles. The highest BCUT2D eigenvalue weighted by Crippen LogP contribution is 2.20. The Morgan fingerprint density at radius 1 is 0.880 bits per heavy atom. The minimum Gasteiger partial charge on any atom is -0.484 e. The standard InChI is InChI=1S/C21H16N2O2/c24-21(23-18-11-17-7-3-4-8-20(17)22-13-18)14-25-19-10-9-15-5-1-2-6-16(15)12-19/h1-13H,14H2,(H,23,24). The van der Waals surface area contributed by atoms with Gasteiger partial charge in [0.1, 0.15) is 5.75 Å². The Morgan fingerprint density at radius 2 is 1.64 bits per heavy atom. The van der Waals surface area contributed by atoms with E-state index in [0.29, 0.717) is 11.4 Å². The largest absolute Gasteiger partial charge is 0.484 e. The van der Waals surface area contributed by atoms with E-state index in [1.54, 1.807) is 6.20 Å². The second-order valence-corrected chi connectivity index (χ2v) is 5.76. The molecule has 0 saturated carbocycles. The molecule has 1 amide bonds. The third-order valence-electron chi connectivity index (χ3n) is 3.97. The van der Waals surface area contributed by atoms with Crippen molar-refractivity contribution in [1.29, 1.82) is 0 Å². The number of anilines is 1. The number of pyridine rings is 1. The Bertz CT molecular complexity index is 1060. The fourth-order valence-corrected chi connectivity index (χ4v) is 2.74. The minimum absolute atomic E-state index is 0.0504. The molecule has 25 heavy (non-hydrogen) atoms. The van der Waals surface area contributed by atoms with Crippen LogP contribution in [-0.4, -0.2) is 17.5 Å². The third kappa shape index (κ3) is 3.43. The number of aromatic nitrogens is 1. The Kier molecular flexibility index (Phi) is 4.01. The van der Waals surface area contributed by atoms with E-state index in [0.717, 1.165) is 21.7 Å². The normalized spacial score (nSPS) is 10.7. The average Bonchev–Trinajstić information content (AvgIpc) is 2.66. The molecular formula is C21H16N2O2.